The molecule has 148 valence electrons. The number of amides is 1. The minimum atomic E-state index is -0.272. The van der Waals surface area contributed by atoms with E-state index in [1.54, 1.807) is 17.0 Å². The third kappa shape index (κ3) is 3.74. The summed E-state index contributed by atoms with van der Waals surface area (Å²) in [6, 6.07) is 21.4. The van der Waals surface area contributed by atoms with Crippen LogP contribution in [0.15, 0.2) is 72.0 Å². The number of carbonyl (C=O) groups excluding carboxylic acids is 1. The van der Waals surface area contributed by atoms with Crippen molar-refractivity contribution in [1.82, 2.24) is 9.99 Å². The van der Waals surface area contributed by atoms with E-state index < -0.39 is 0 Å². The predicted molar refractivity (Wildman–Crippen MR) is 118 cm³/mol. The number of para-hydroxylation sites is 1. The summed E-state index contributed by atoms with van der Waals surface area (Å²) >= 11 is 0. The molecular weight excluding hydrogens is 376 g/mol. The van der Waals surface area contributed by atoms with E-state index in [0.29, 0.717) is 12.2 Å². The van der Waals surface area contributed by atoms with Gasteiger partial charge in [-0.3, -0.25) is 4.79 Å². The van der Waals surface area contributed by atoms with Gasteiger partial charge in [0.1, 0.15) is 18.4 Å². The molecule has 4 aromatic rings. The lowest BCUT2D eigenvalue weighted by Gasteiger charge is -2.09. The number of ether oxygens (including phenoxy) is 1. The summed E-state index contributed by atoms with van der Waals surface area (Å²) in [5.41, 5.74) is 4.84. The summed E-state index contributed by atoms with van der Waals surface area (Å²) in [4.78, 5) is 12.4. The second-order valence-electron chi connectivity index (χ2n) is 6.72. The second kappa shape index (κ2) is 8.50. The van der Waals surface area contributed by atoms with Gasteiger partial charge in [-0.1, -0.05) is 42.5 Å². The van der Waals surface area contributed by atoms with Crippen molar-refractivity contribution in [3.63, 3.8) is 0 Å². The average Bonchev–Trinajstić information content (AvgIpc) is 3.13. The first-order valence-electron chi connectivity index (χ1n) is 9.65. The highest BCUT2D eigenvalue weighted by molar-refractivity contribution is 6.02. The normalized spacial score (nSPS) is 11.1. The van der Waals surface area contributed by atoms with Gasteiger partial charge in [0.25, 0.3) is 5.91 Å². The van der Waals surface area contributed by atoms with Gasteiger partial charge in [-0.2, -0.15) is 10.4 Å². The van der Waals surface area contributed by atoms with Crippen LogP contribution in [0, 0.1) is 11.3 Å². The van der Waals surface area contributed by atoms with Gasteiger partial charge in [-0.15, -0.1) is 0 Å². The molecule has 0 aliphatic heterocycles. The Hall–Kier alpha value is -4.11. The molecule has 0 aliphatic rings. The summed E-state index contributed by atoms with van der Waals surface area (Å²) in [6.07, 6.45) is 3.32. The van der Waals surface area contributed by atoms with Crippen LogP contribution in [0.1, 0.15) is 18.1 Å². The zero-order valence-electron chi connectivity index (χ0n) is 16.5. The number of aromatic nitrogens is 1. The zero-order chi connectivity index (χ0) is 20.9. The molecule has 6 heteroatoms. The highest BCUT2D eigenvalue weighted by atomic mass is 16.5. The number of benzene rings is 3. The van der Waals surface area contributed by atoms with Crippen molar-refractivity contribution in [2.24, 2.45) is 5.10 Å². The molecule has 0 bridgehead atoms. The van der Waals surface area contributed by atoms with Gasteiger partial charge in [-0.25, -0.2) is 5.43 Å². The Morgan fingerprint density at radius 3 is 2.60 bits per heavy atom. The van der Waals surface area contributed by atoms with E-state index in [9.17, 15) is 10.1 Å². The first-order chi connectivity index (χ1) is 14.7. The monoisotopic (exact) mass is 396 g/mol. The van der Waals surface area contributed by atoms with Crippen LogP contribution in [0.5, 0.6) is 5.75 Å². The minimum Gasteiger partial charge on any atom is -0.493 e. The summed E-state index contributed by atoms with van der Waals surface area (Å²) in [6.45, 7) is 2.62. The minimum absolute atomic E-state index is 0.0730. The molecule has 3 aromatic carbocycles. The van der Waals surface area contributed by atoms with Crippen molar-refractivity contribution in [2.45, 2.75) is 13.5 Å². The van der Waals surface area contributed by atoms with Crippen molar-refractivity contribution < 1.29 is 9.53 Å². The van der Waals surface area contributed by atoms with Crippen molar-refractivity contribution >= 4 is 33.8 Å². The third-order valence-electron chi connectivity index (χ3n) is 4.83. The molecule has 0 fully saturated rings. The lowest BCUT2D eigenvalue weighted by atomic mass is 10.0. The number of fused-ring (bicyclic) bond motifs is 2. The summed E-state index contributed by atoms with van der Waals surface area (Å²) < 4.78 is 7.44. The number of nitriles is 1. The molecule has 0 unspecified atom stereocenters. The van der Waals surface area contributed by atoms with E-state index in [0.717, 1.165) is 33.0 Å². The molecular formula is C24H20N4O2. The van der Waals surface area contributed by atoms with Crippen molar-refractivity contribution in [3.8, 4) is 11.8 Å². The average molecular weight is 396 g/mol. The molecule has 0 saturated carbocycles. The number of nitrogens with one attached hydrogen (secondary N) is 1. The van der Waals surface area contributed by atoms with E-state index in [2.05, 4.69) is 16.6 Å². The maximum absolute atomic E-state index is 12.4. The fraction of sp³-hybridized carbons (Fsp3) is 0.125. The van der Waals surface area contributed by atoms with E-state index in [1.807, 2.05) is 67.6 Å². The molecule has 0 spiro atoms. The Bertz CT molecular complexity index is 1300. The number of rotatable bonds is 6. The maximum Gasteiger partial charge on any atom is 0.259 e. The Kier molecular flexibility index (Phi) is 5.44. The smallest absolute Gasteiger partial charge is 0.259 e. The lowest BCUT2D eigenvalue weighted by molar-refractivity contribution is -0.121. The van der Waals surface area contributed by atoms with Crippen LogP contribution in [0.2, 0.25) is 0 Å². The SMILES string of the molecule is CCOc1ccc(/C=N/NC(=O)Cn2cc(C#N)c3ccccc32)c2ccccc12. The predicted octanol–water partition coefficient (Wildman–Crippen LogP) is 4.22. The van der Waals surface area contributed by atoms with E-state index in [1.165, 1.54) is 0 Å². The van der Waals surface area contributed by atoms with Gasteiger partial charge < -0.3 is 9.30 Å². The molecule has 1 heterocycles. The number of carbonyl (C=O) groups is 1. The molecule has 0 radical (unpaired) electrons. The molecule has 1 amide bonds. The van der Waals surface area contributed by atoms with Crippen LogP contribution in [0.25, 0.3) is 21.7 Å². The molecule has 1 N–H and O–H groups in total. The Morgan fingerprint density at radius 2 is 1.83 bits per heavy atom. The Morgan fingerprint density at radius 1 is 1.10 bits per heavy atom. The Labute approximate surface area is 174 Å². The standard InChI is InChI=1S/C24H20N4O2/c1-2-30-23-12-11-17(19-7-3-4-9-21(19)23)14-26-27-24(29)16-28-15-18(13-25)20-8-5-6-10-22(20)28/h3-12,14-15H,2,16H2,1H3,(H,27,29)/b26-14+. The van der Waals surface area contributed by atoms with Crippen LogP contribution in [-0.2, 0) is 11.3 Å². The molecule has 30 heavy (non-hydrogen) atoms. The van der Waals surface area contributed by atoms with Gasteiger partial charge in [0.05, 0.1) is 18.4 Å². The molecule has 0 aliphatic carbocycles. The second-order valence-corrected chi connectivity index (χ2v) is 6.72. The first kappa shape index (κ1) is 19.2. The molecule has 0 atom stereocenters. The number of hydrogen-bond donors (Lipinski definition) is 1. The largest absolute Gasteiger partial charge is 0.493 e. The maximum atomic E-state index is 12.4. The fourth-order valence-corrected chi connectivity index (χ4v) is 3.52. The summed E-state index contributed by atoms with van der Waals surface area (Å²) in [5.74, 6) is 0.550. The zero-order valence-corrected chi connectivity index (χ0v) is 16.5. The number of nitrogens with zero attached hydrogens (tertiary/aromatic N) is 3. The van der Waals surface area contributed by atoms with E-state index in [-0.39, 0.29) is 12.5 Å². The van der Waals surface area contributed by atoms with E-state index in [4.69, 9.17) is 4.74 Å². The van der Waals surface area contributed by atoms with Gasteiger partial charge in [-0.05, 0) is 30.5 Å². The third-order valence-corrected chi connectivity index (χ3v) is 4.83. The molecule has 0 saturated heterocycles. The van der Waals surface area contributed by atoms with Gasteiger partial charge in [0.15, 0.2) is 0 Å². The van der Waals surface area contributed by atoms with Crippen LogP contribution in [0.4, 0.5) is 0 Å². The summed E-state index contributed by atoms with van der Waals surface area (Å²) in [7, 11) is 0. The van der Waals surface area contributed by atoms with Gasteiger partial charge >= 0.3 is 0 Å². The van der Waals surface area contributed by atoms with Gasteiger partial charge in [0, 0.05) is 28.0 Å². The van der Waals surface area contributed by atoms with Gasteiger partial charge in [0.2, 0.25) is 0 Å². The van der Waals surface area contributed by atoms with Crippen LogP contribution >= 0.6 is 0 Å². The van der Waals surface area contributed by atoms with Crippen molar-refractivity contribution in [3.05, 3.63) is 78.0 Å². The summed E-state index contributed by atoms with van der Waals surface area (Å²) in [5, 5.41) is 16.2. The molecule has 4 rings (SSSR count). The topological polar surface area (TPSA) is 79.4 Å². The highest BCUT2D eigenvalue weighted by Crippen LogP contribution is 2.27. The van der Waals surface area contributed by atoms with E-state index >= 15 is 0 Å². The molecule has 6 nitrogen and oxygen atoms in total. The Balaban J connectivity index is 1.51. The first-order valence-corrected chi connectivity index (χ1v) is 9.65. The van der Waals surface area contributed by atoms with Crippen LogP contribution in [-0.4, -0.2) is 23.3 Å². The fourth-order valence-electron chi connectivity index (χ4n) is 3.52. The highest BCUT2D eigenvalue weighted by Gasteiger charge is 2.10. The lowest BCUT2D eigenvalue weighted by Crippen LogP contribution is -2.22. The van der Waals surface area contributed by atoms with Crippen LogP contribution in [0.3, 0.4) is 0 Å². The van der Waals surface area contributed by atoms with Crippen molar-refractivity contribution in [2.75, 3.05) is 6.61 Å². The molecule has 1 aromatic heterocycles. The quantitative estimate of drug-likeness (QED) is 0.392. The number of hydrogen-bond acceptors (Lipinski definition) is 4. The number of hydrazone groups is 1. The van der Waals surface area contributed by atoms with Crippen molar-refractivity contribution in [1.29, 1.82) is 5.26 Å². The van der Waals surface area contributed by atoms with Crippen LogP contribution < -0.4 is 10.2 Å².